The van der Waals surface area contributed by atoms with Crippen molar-refractivity contribution in [3.63, 3.8) is 0 Å². The molecule has 7 nitrogen and oxygen atoms in total. The molecule has 2 aliphatic rings. The molecule has 3 atom stereocenters. The molecule has 2 unspecified atom stereocenters. The molecule has 0 aromatic carbocycles. The van der Waals surface area contributed by atoms with E-state index in [0.29, 0.717) is 11.6 Å². The molecule has 17 heavy (non-hydrogen) atoms. The molecule has 0 aliphatic carbocycles. The Morgan fingerprint density at radius 2 is 1.76 bits per heavy atom. The number of likely N-dealkylation sites (tertiary alicyclic amines) is 1. The van der Waals surface area contributed by atoms with E-state index in [4.69, 9.17) is 5.11 Å². The van der Waals surface area contributed by atoms with Gasteiger partial charge in [0, 0.05) is 5.75 Å². The van der Waals surface area contributed by atoms with Gasteiger partial charge >= 0.3 is 12.0 Å². The van der Waals surface area contributed by atoms with Crippen LogP contribution in [0.3, 0.4) is 0 Å². The second kappa shape index (κ2) is 4.71. The van der Waals surface area contributed by atoms with Gasteiger partial charge in [0.15, 0.2) is 0 Å². The molecule has 2 rings (SSSR count). The molecule has 96 valence electrons. The van der Waals surface area contributed by atoms with E-state index in [1.165, 1.54) is 21.6 Å². The Kier molecular flexibility index (Phi) is 3.45. The van der Waals surface area contributed by atoms with E-state index in [9.17, 15) is 19.8 Å². The summed E-state index contributed by atoms with van der Waals surface area (Å²) in [7, 11) is 0. The number of urea groups is 1. The summed E-state index contributed by atoms with van der Waals surface area (Å²) in [6.07, 6.45) is -1.89. The number of rotatable bonds is 1. The fraction of sp³-hybridized carbons (Fsp3) is 0.778. The Bertz CT molecular complexity index is 329. The number of hydrogen-bond acceptors (Lipinski definition) is 5. The third-order valence-corrected chi connectivity index (χ3v) is 3.95. The van der Waals surface area contributed by atoms with Crippen molar-refractivity contribution in [2.24, 2.45) is 0 Å². The summed E-state index contributed by atoms with van der Waals surface area (Å²) in [5.74, 6) is -0.318. The summed E-state index contributed by atoms with van der Waals surface area (Å²) in [5.41, 5.74) is 0. The van der Waals surface area contributed by atoms with Crippen LogP contribution in [0.1, 0.15) is 0 Å². The third-order valence-electron chi connectivity index (χ3n) is 2.94. The second-order valence-corrected chi connectivity index (χ2v) is 5.15. The number of carboxylic acids is 1. The van der Waals surface area contributed by atoms with Gasteiger partial charge in [0.25, 0.3) is 0 Å². The molecule has 0 spiro atoms. The number of carboxylic acid groups (broad SMARTS) is 1. The van der Waals surface area contributed by atoms with Crippen molar-refractivity contribution in [1.29, 1.82) is 0 Å². The van der Waals surface area contributed by atoms with Crippen LogP contribution >= 0.6 is 11.8 Å². The van der Waals surface area contributed by atoms with Crippen LogP contribution in [0, 0.1) is 0 Å². The van der Waals surface area contributed by atoms with Gasteiger partial charge in [-0.15, -0.1) is 11.8 Å². The van der Waals surface area contributed by atoms with E-state index >= 15 is 0 Å². The van der Waals surface area contributed by atoms with Gasteiger partial charge in [-0.1, -0.05) is 0 Å². The lowest BCUT2D eigenvalue weighted by atomic mass is 10.3. The Morgan fingerprint density at radius 3 is 2.29 bits per heavy atom. The van der Waals surface area contributed by atoms with Crippen molar-refractivity contribution in [1.82, 2.24) is 9.80 Å². The molecule has 0 aromatic heterocycles. The van der Waals surface area contributed by atoms with Crippen molar-refractivity contribution < 1.29 is 24.9 Å². The van der Waals surface area contributed by atoms with Gasteiger partial charge < -0.3 is 25.1 Å². The molecule has 2 fully saturated rings. The number of β-amino-alcohol motifs (C(OH)–C–C–N with tert-alkyl or cyclic N) is 2. The van der Waals surface area contributed by atoms with Crippen molar-refractivity contribution in [2.45, 2.75) is 18.2 Å². The number of carbonyl (C=O) groups is 2. The van der Waals surface area contributed by atoms with E-state index in [1.807, 2.05) is 0 Å². The van der Waals surface area contributed by atoms with E-state index in [1.54, 1.807) is 0 Å². The van der Waals surface area contributed by atoms with Crippen LogP contribution in [0.5, 0.6) is 0 Å². The Hall–Kier alpha value is -0.990. The molecular formula is C9H14N2O5S. The van der Waals surface area contributed by atoms with Gasteiger partial charge in [0.1, 0.15) is 6.04 Å². The lowest BCUT2D eigenvalue weighted by Crippen LogP contribution is -2.48. The summed E-state index contributed by atoms with van der Waals surface area (Å²) >= 11 is 1.38. The van der Waals surface area contributed by atoms with E-state index in [0.717, 1.165) is 0 Å². The Balaban J connectivity index is 2.03. The molecular weight excluding hydrogens is 248 g/mol. The molecule has 3 N–H and O–H groups in total. The van der Waals surface area contributed by atoms with Gasteiger partial charge in [0.05, 0.1) is 31.2 Å². The quantitative estimate of drug-likeness (QED) is 0.537. The van der Waals surface area contributed by atoms with E-state index < -0.39 is 30.3 Å². The Labute approximate surface area is 102 Å². The predicted molar refractivity (Wildman–Crippen MR) is 59.6 cm³/mol. The smallest absolute Gasteiger partial charge is 0.327 e. The molecule has 0 saturated carbocycles. The number of aliphatic hydroxyl groups is 2. The zero-order valence-electron chi connectivity index (χ0n) is 9.02. The van der Waals surface area contributed by atoms with E-state index in [2.05, 4.69) is 0 Å². The molecule has 2 aliphatic heterocycles. The topological polar surface area (TPSA) is 101 Å². The summed E-state index contributed by atoms with van der Waals surface area (Å²) < 4.78 is 0. The van der Waals surface area contributed by atoms with Crippen LogP contribution in [0.2, 0.25) is 0 Å². The standard InChI is InChI=1S/C9H14N2O5S/c12-6-1-10(2-7(6)13)9(16)11-4-17-3-5(11)8(14)15/h5-7,12-13H,1-4H2,(H,14,15)/t5-,6?,7?/m0/s1. The average molecular weight is 262 g/mol. The van der Waals surface area contributed by atoms with Gasteiger partial charge in [-0.3, -0.25) is 0 Å². The van der Waals surface area contributed by atoms with Crippen LogP contribution in [0.4, 0.5) is 4.79 Å². The molecule has 0 aromatic rings. The first-order valence-corrected chi connectivity index (χ1v) is 6.38. The van der Waals surface area contributed by atoms with Crippen LogP contribution in [0.15, 0.2) is 0 Å². The minimum absolute atomic E-state index is 0.0491. The summed E-state index contributed by atoms with van der Waals surface area (Å²) in [5, 5.41) is 27.7. The highest BCUT2D eigenvalue weighted by Crippen LogP contribution is 2.24. The SMILES string of the molecule is O=C(O)[C@@H]1CSCN1C(=O)N1CC(O)C(O)C1. The lowest BCUT2D eigenvalue weighted by Gasteiger charge is -2.26. The van der Waals surface area contributed by atoms with Gasteiger partial charge in [0.2, 0.25) is 0 Å². The number of carbonyl (C=O) groups excluding carboxylic acids is 1. The number of aliphatic carboxylic acids is 1. The molecule has 0 bridgehead atoms. The van der Waals surface area contributed by atoms with E-state index in [-0.39, 0.29) is 13.1 Å². The fourth-order valence-electron chi connectivity index (χ4n) is 1.94. The highest BCUT2D eigenvalue weighted by Gasteiger charge is 2.40. The van der Waals surface area contributed by atoms with Crippen molar-refractivity contribution in [3.8, 4) is 0 Å². The molecule has 2 heterocycles. The van der Waals surface area contributed by atoms with Crippen LogP contribution < -0.4 is 0 Å². The first kappa shape index (κ1) is 12.5. The highest BCUT2D eigenvalue weighted by molar-refractivity contribution is 7.99. The summed E-state index contributed by atoms with van der Waals surface area (Å²) in [6.45, 7) is 0.0982. The van der Waals surface area contributed by atoms with Gasteiger partial charge in [-0.25, -0.2) is 9.59 Å². The van der Waals surface area contributed by atoms with Crippen molar-refractivity contribution in [2.75, 3.05) is 24.7 Å². The maximum Gasteiger partial charge on any atom is 0.327 e. The van der Waals surface area contributed by atoms with Crippen molar-refractivity contribution in [3.05, 3.63) is 0 Å². The van der Waals surface area contributed by atoms with Crippen LogP contribution in [0.25, 0.3) is 0 Å². The predicted octanol–water partition coefficient (Wildman–Crippen LogP) is -1.40. The molecule has 2 amide bonds. The number of aliphatic hydroxyl groups excluding tert-OH is 2. The summed E-state index contributed by atoms with van der Waals surface area (Å²) in [4.78, 5) is 25.5. The first-order valence-electron chi connectivity index (χ1n) is 5.23. The van der Waals surface area contributed by atoms with Gasteiger partial charge in [-0.2, -0.15) is 0 Å². The minimum Gasteiger partial charge on any atom is -0.480 e. The maximum absolute atomic E-state index is 12.0. The zero-order valence-corrected chi connectivity index (χ0v) is 9.84. The molecule has 0 radical (unpaired) electrons. The second-order valence-electron chi connectivity index (χ2n) is 4.15. The van der Waals surface area contributed by atoms with Crippen LogP contribution in [-0.4, -0.2) is 80.1 Å². The minimum atomic E-state index is -1.02. The number of amides is 2. The lowest BCUT2D eigenvalue weighted by molar-refractivity contribution is -0.140. The highest BCUT2D eigenvalue weighted by atomic mass is 32.2. The van der Waals surface area contributed by atoms with Crippen LogP contribution in [-0.2, 0) is 4.79 Å². The molecule has 8 heteroatoms. The monoisotopic (exact) mass is 262 g/mol. The largest absolute Gasteiger partial charge is 0.480 e. The summed E-state index contributed by atoms with van der Waals surface area (Å²) in [6, 6.07) is -1.25. The normalized spacial score (nSPS) is 33.2. The maximum atomic E-state index is 12.0. The third kappa shape index (κ3) is 2.33. The first-order chi connectivity index (χ1) is 8.00. The zero-order chi connectivity index (χ0) is 12.6. The number of nitrogens with zero attached hydrogens (tertiary/aromatic N) is 2. The average Bonchev–Trinajstić information content (AvgIpc) is 2.85. The fourth-order valence-corrected chi connectivity index (χ4v) is 3.08. The van der Waals surface area contributed by atoms with Crippen molar-refractivity contribution >= 4 is 23.8 Å². The molecule has 2 saturated heterocycles. The van der Waals surface area contributed by atoms with Gasteiger partial charge in [-0.05, 0) is 0 Å². The number of hydrogen-bond donors (Lipinski definition) is 3. The Morgan fingerprint density at radius 1 is 1.18 bits per heavy atom. The number of thioether (sulfide) groups is 1.